The number of aliphatic hydroxyl groups is 1. The number of piperidine rings is 1. The van der Waals surface area contributed by atoms with Crippen LogP contribution < -0.4 is 0 Å². The molecular weight excluding hydrogens is 154 g/mol. The Labute approximate surface area is 73.4 Å². The summed E-state index contributed by atoms with van der Waals surface area (Å²) in [6, 6.07) is 0. The molecule has 2 radical (unpaired) electrons. The Balaban J connectivity index is 2.21. The Bertz CT molecular complexity index is 151. The number of aliphatic hydroxyl groups excluding tert-OH is 1. The molecule has 0 spiro atoms. The molecule has 0 aromatic heterocycles. The average Bonchev–Trinajstić information content (AvgIpc) is 2.05. The highest BCUT2D eigenvalue weighted by Crippen LogP contribution is 2.15. The third-order valence-electron chi connectivity index (χ3n) is 2.34. The van der Waals surface area contributed by atoms with Gasteiger partial charge in [-0.05, 0) is 31.8 Å². The number of carbonyl (C=O) groups excluding carboxylic acids is 1. The van der Waals surface area contributed by atoms with Crippen molar-refractivity contribution in [3.63, 3.8) is 0 Å². The quantitative estimate of drug-likeness (QED) is 0.645. The van der Waals surface area contributed by atoms with E-state index in [-0.39, 0.29) is 12.4 Å². The van der Waals surface area contributed by atoms with Gasteiger partial charge in [-0.25, -0.2) is 0 Å². The maximum absolute atomic E-state index is 10.5. The predicted molar refractivity (Wildman–Crippen MR) is 45.6 cm³/mol. The second-order valence-electron chi connectivity index (χ2n) is 3.37. The predicted octanol–water partition coefficient (Wildman–Crippen LogP) is -0.0291. The standard InChI is InChI=1S/C9H15NO2/c1-8(12)6-10-4-2-9(7-11)3-5-10/h1,9,11H,2-7H2. The highest BCUT2D eigenvalue weighted by molar-refractivity contribution is 5.84. The van der Waals surface area contributed by atoms with Crippen LogP contribution in [0.15, 0.2) is 0 Å². The molecule has 0 amide bonds. The lowest BCUT2D eigenvalue weighted by molar-refractivity contribution is -0.116. The lowest BCUT2D eigenvalue weighted by Crippen LogP contribution is -2.37. The van der Waals surface area contributed by atoms with Crippen molar-refractivity contribution in [3.05, 3.63) is 6.92 Å². The van der Waals surface area contributed by atoms with Gasteiger partial charge in [0.25, 0.3) is 0 Å². The molecule has 1 heterocycles. The van der Waals surface area contributed by atoms with E-state index in [1.807, 2.05) is 4.90 Å². The number of carbonyl (C=O) groups is 1. The van der Waals surface area contributed by atoms with Gasteiger partial charge in [-0.15, -0.1) is 0 Å². The van der Waals surface area contributed by atoms with Crippen LogP contribution >= 0.6 is 0 Å². The zero-order valence-electron chi connectivity index (χ0n) is 7.20. The molecule has 0 atom stereocenters. The lowest BCUT2D eigenvalue weighted by atomic mass is 9.98. The topological polar surface area (TPSA) is 40.5 Å². The van der Waals surface area contributed by atoms with Crippen molar-refractivity contribution in [1.82, 2.24) is 4.90 Å². The largest absolute Gasteiger partial charge is 0.396 e. The molecule has 3 heteroatoms. The first kappa shape index (κ1) is 9.68. The van der Waals surface area contributed by atoms with Gasteiger partial charge in [-0.3, -0.25) is 9.69 Å². The van der Waals surface area contributed by atoms with Crippen molar-refractivity contribution in [3.8, 4) is 0 Å². The normalized spacial score (nSPS) is 21.2. The van der Waals surface area contributed by atoms with Gasteiger partial charge in [-0.1, -0.05) is 0 Å². The van der Waals surface area contributed by atoms with Crippen molar-refractivity contribution >= 4 is 5.78 Å². The molecule has 0 unspecified atom stereocenters. The van der Waals surface area contributed by atoms with Crippen molar-refractivity contribution in [2.45, 2.75) is 12.8 Å². The number of Topliss-reactive ketones (excluding diaryl/α,β-unsaturated/α-hetero) is 1. The maximum Gasteiger partial charge on any atom is 0.151 e. The molecule has 12 heavy (non-hydrogen) atoms. The monoisotopic (exact) mass is 169 g/mol. The van der Waals surface area contributed by atoms with Crippen molar-refractivity contribution in [2.24, 2.45) is 5.92 Å². The summed E-state index contributed by atoms with van der Waals surface area (Å²) in [5.74, 6) is 0.159. The average molecular weight is 169 g/mol. The number of rotatable bonds is 3. The van der Waals surface area contributed by atoms with E-state index >= 15 is 0 Å². The zero-order chi connectivity index (χ0) is 8.97. The first-order valence-corrected chi connectivity index (χ1v) is 4.34. The second kappa shape index (κ2) is 4.58. The van der Waals surface area contributed by atoms with E-state index in [1.54, 1.807) is 0 Å². The lowest BCUT2D eigenvalue weighted by Gasteiger charge is -2.29. The number of nitrogens with zero attached hydrogens (tertiary/aromatic N) is 1. The van der Waals surface area contributed by atoms with E-state index in [0.29, 0.717) is 12.5 Å². The van der Waals surface area contributed by atoms with Crippen LogP contribution in [0.2, 0.25) is 0 Å². The number of likely N-dealkylation sites (tertiary alicyclic amines) is 1. The Hall–Kier alpha value is -0.410. The summed E-state index contributed by atoms with van der Waals surface area (Å²) >= 11 is 0. The summed E-state index contributed by atoms with van der Waals surface area (Å²) < 4.78 is 0. The van der Waals surface area contributed by atoms with E-state index in [9.17, 15) is 4.79 Å². The van der Waals surface area contributed by atoms with E-state index in [2.05, 4.69) is 0 Å². The van der Waals surface area contributed by atoms with E-state index in [0.717, 1.165) is 25.9 Å². The number of ketones is 1. The Morgan fingerprint density at radius 2 is 2.08 bits per heavy atom. The summed E-state index contributed by atoms with van der Waals surface area (Å²) in [6.45, 7) is 7.45. The van der Waals surface area contributed by atoms with Crippen LogP contribution in [-0.2, 0) is 4.79 Å². The smallest absolute Gasteiger partial charge is 0.151 e. The molecule has 0 saturated carbocycles. The summed E-state index contributed by atoms with van der Waals surface area (Å²) in [4.78, 5) is 12.6. The highest BCUT2D eigenvalue weighted by atomic mass is 16.3. The van der Waals surface area contributed by atoms with Crippen LogP contribution in [0.3, 0.4) is 0 Å². The summed E-state index contributed by atoms with van der Waals surface area (Å²) in [5, 5.41) is 8.85. The molecule has 1 N–H and O–H groups in total. The van der Waals surface area contributed by atoms with Crippen LogP contribution in [-0.4, -0.2) is 42.0 Å². The van der Waals surface area contributed by atoms with Crippen LogP contribution in [0.5, 0.6) is 0 Å². The van der Waals surface area contributed by atoms with Gasteiger partial charge in [0.15, 0.2) is 5.78 Å². The minimum Gasteiger partial charge on any atom is -0.396 e. The maximum atomic E-state index is 10.5. The number of hydrogen-bond donors (Lipinski definition) is 1. The molecule has 3 nitrogen and oxygen atoms in total. The van der Waals surface area contributed by atoms with Crippen LogP contribution in [0, 0.1) is 12.8 Å². The fourth-order valence-electron chi connectivity index (χ4n) is 1.55. The second-order valence-corrected chi connectivity index (χ2v) is 3.37. The fraction of sp³-hybridized carbons (Fsp3) is 0.778. The molecule has 0 aliphatic carbocycles. The van der Waals surface area contributed by atoms with Gasteiger partial charge < -0.3 is 5.11 Å². The van der Waals surface area contributed by atoms with Crippen LogP contribution in [0.1, 0.15) is 12.8 Å². The van der Waals surface area contributed by atoms with Gasteiger partial charge in [0.1, 0.15) is 0 Å². The van der Waals surface area contributed by atoms with Gasteiger partial charge in [-0.2, -0.15) is 0 Å². The molecule has 1 aliphatic rings. The Morgan fingerprint density at radius 1 is 1.50 bits per heavy atom. The summed E-state index contributed by atoms with van der Waals surface area (Å²) in [7, 11) is 0. The van der Waals surface area contributed by atoms with E-state index in [1.165, 1.54) is 0 Å². The summed E-state index contributed by atoms with van der Waals surface area (Å²) in [6.07, 6.45) is 1.95. The van der Waals surface area contributed by atoms with Crippen molar-refractivity contribution in [1.29, 1.82) is 0 Å². The Kier molecular flexibility index (Phi) is 3.69. The van der Waals surface area contributed by atoms with Gasteiger partial charge in [0, 0.05) is 13.5 Å². The first-order valence-electron chi connectivity index (χ1n) is 4.34. The molecule has 1 aliphatic heterocycles. The molecule has 1 fully saturated rings. The first-order chi connectivity index (χ1) is 5.72. The van der Waals surface area contributed by atoms with Gasteiger partial charge in [0.2, 0.25) is 0 Å². The van der Waals surface area contributed by atoms with Crippen LogP contribution in [0.4, 0.5) is 0 Å². The minimum atomic E-state index is -0.266. The fourth-order valence-corrected chi connectivity index (χ4v) is 1.55. The molecule has 1 saturated heterocycles. The molecule has 0 aromatic carbocycles. The SMILES string of the molecule is [CH]C(=O)CN1CCC(CO)CC1. The minimum absolute atomic E-state index is 0.266. The third kappa shape index (κ3) is 2.91. The van der Waals surface area contributed by atoms with Crippen molar-refractivity contribution < 1.29 is 9.90 Å². The van der Waals surface area contributed by atoms with Gasteiger partial charge in [0.05, 0.1) is 6.54 Å². The van der Waals surface area contributed by atoms with Crippen LogP contribution in [0.25, 0.3) is 0 Å². The summed E-state index contributed by atoms with van der Waals surface area (Å²) in [5.41, 5.74) is 0. The van der Waals surface area contributed by atoms with Crippen molar-refractivity contribution in [2.75, 3.05) is 26.2 Å². The number of hydrogen-bond acceptors (Lipinski definition) is 3. The van der Waals surface area contributed by atoms with E-state index < -0.39 is 0 Å². The molecule has 1 rings (SSSR count). The zero-order valence-corrected chi connectivity index (χ0v) is 7.20. The Morgan fingerprint density at radius 3 is 2.50 bits per heavy atom. The highest BCUT2D eigenvalue weighted by Gasteiger charge is 2.18. The van der Waals surface area contributed by atoms with Gasteiger partial charge >= 0.3 is 0 Å². The molecular formula is C9H15NO2. The molecule has 0 bridgehead atoms. The third-order valence-corrected chi connectivity index (χ3v) is 2.34. The molecule has 68 valence electrons. The van der Waals surface area contributed by atoms with E-state index in [4.69, 9.17) is 12.0 Å². The molecule has 0 aromatic rings.